The third-order valence-corrected chi connectivity index (χ3v) is 4.18. The van der Waals surface area contributed by atoms with Gasteiger partial charge in [0.05, 0.1) is 5.02 Å². The zero-order chi connectivity index (χ0) is 19.1. The van der Waals surface area contributed by atoms with Crippen LogP contribution >= 0.6 is 11.6 Å². The van der Waals surface area contributed by atoms with Crippen molar-refractivity contribution in [2.75, 3.05) is 0 Å². The SMILES string of the molecule is Cn1c(-c2ccccc2Cl)nnc1C(C)(C)Oc1c(F)cc(F)cc1F. The Kier molecular flexibility index (Phi) is 4.66. The average molecular weight is 382 g/mol. The van der Waals surface area contributed by atoms with E-state index in [0.717, 1.165) is 0 Å². The Labute approximate surface area is 153 Å². The van der Waals surface area contributed by atoms with Gasteiger partial charge >= 0.3 is 0 Å². The van der Waals surface area contributed by atoms with Crippen LogP contribution in [0.25, 0.3) is 11.4 Å². The number of nitrogens with zero attached hydrogens (tertiary/aromatic N) is 3. The molecule has 0 spiro atoms. The van der Waals surface area contributed by atoms with E-state index in [4.69, 9.17) is 16.3 Å². The zero-order valence-corrected chi connectivity index (χ0v) is 15.0. The molecule has 136 valence electrons. The highest BCUT2D eigenvalue weighted by Gasteiger charge is 2.32. The summed E-state index contributed by atoms with van der Waals surface area (Å²) >= 11 is 6.19. The van der Waals surface area contributed by atoms with Crippen LogP contribution in [0.5, 0.6) is 5.75 Å². The predicted octanol–water partition coefficient (Wildman–Crippen LogP) is 4.87. The van der Waals surface area contributed by atoms with E-state index < -0.39 is 28.8 Å². The largest absolute Gasteiger partial charge is 0.474 e. The maximum Gasteiger partial charge on any atom is 0.192 e. The van der Waals surface area contributed by atoms with Crippen molar-refractivity contribution < 1.29 is 17.9 Å². The van der Waals surface area contributed by atoms with Gasteiger partial charge in [0.15, 0.2) is 34.6 Å². The lowest BCUT2D eigenvalue weighted by molar-refractivity contribution is 0.0833. The van der Waals surface area contributed by atoms with Gasteiger partial charge in [0.1, 0.15) is 5.82 Å². The fourth-order valence-electron chi connectivity index (χ4n) is 2.66. The summed E-state index contributed by atoms with van der Waals surface area (Å²) in [5.41, 5.74) is -0.591. The first kappa shape index (κ1) is 18.3. The molecule has 0 aliphatic heterocycles. The van der Waals surface area contributed by atoms with Crippen LogP contribution in [-0.4, -0.2) is 14.8 Å². The van der Waals surface area contributed by atoms with Crippen LogP contribution in [-0.2, 0) is 12.6 Å². The van der Waals surface area contributed by atoms with Gasteiger partial charge in [0, 0.05) is 24.7 Å². The molecule has 4 nitrogen and oxygen atoms in total. The molecule has 0 unspecified atom stereocenters. The molecule has 0 aliphatic rings. The Balaban J connectivity index is 2.00. The Morgan fingerprint density at radius 3 is 2.27 bits per heavy atom. The normalized spacial score (nSPS) is 11.7. The molecule has 8 heteroatoms. The Morgan fingerprint density at radius 2 is 1.65 bits per heavy atom. The summed E-state index contributed by atoms with van der Waals surface area (Å²) in [5.74, 6) is -3.19. The van der Waals surface area contributed by atoms with Crippen molar-refractivity contribution >= 4 is 11.6 Å². The molecule has 0 bridgehead atoms. The summed E-state index contributed by atoms with van der Waals surface area (Å²) in [6.45, 7) is 3.16. The second-order valence-corrected chi connectivity index (χ2v) is 6.60. The van der Waals surface area contributed by atoms with Crippen LogP contribution in [0.2, 0.25) is 5.02 Å². The van der Waals surface area contributed by atoms with Crippen molar-refractivity contribution in [2.24, 2.45) is 7.05 Å². The summed E-state index contributed by atoms with van der Waals surface area (Å²) in [7, 11) is 1.69. The summed E-state index contributed by atoms with van der Waals surface area (Å²) < 4.78 is 48.0. The van der Waals surface area contributed by atoms with E-state index in [1.54, 1.807) is 49.7 Å². The zero-order valence-electron chi connectivity index (χ0n) is 14.2. The van der Waals surface area contributed by atoms with E-state index in [0.29, 0.717) is 34.4 Å². The summed E-state index contributed by atoms with van der Waals surface area (Å²) in [5, 5.41) is 8.69. The lowest BCUT2D eigenvalue weighted by atomic mass is 10.1. The molecule has 0 fully saturated rings. The molecule has 3 aromatic rings. The van der Waals surface area contributed by atoms with E-state index in [1.807, 2.05) is 0 Å². The minimum absolute atomic E-state index is 0.315. The first-order chi connectivity index (χ1) is 12.2. The molecule has 1 aromatic heterocycles. The van der Waals surface area contributed by atoms with Crippen molar-refractivity contribution in [3.63, 3.8) is 0 Å². The third-order valence-electron chi connectivity index (χ3n) is 3.85. The van der Waals surface area contributed by atoms with Gasteiger partial charge in [-0.1, -0.05) is 23.7 Å². The molecule has 0 saturated heterocycles. The van der Waals surface area contributed by atoms with E-state index in [2.05, 4.69) is 10.2 Å². The Hall–Kier alpha value is -2.54. The number of rotatable bonds is 4. The molecule has 1 heterocycles. The van der Waals surface area contributed by atoms with E-state index >= 15 is 0 Å². The van der Waals surface area contributed by atoms with Gasteiger partial charge in [-0.15, -0.1) is 10.2 Å². The van der Waals surface area contributed by atoms with E-state index in [1.165, 1.54) is 0 Å². The summed E-state index contributed by atoms with van der Waals surface area (Å²) in [6.07, 6.45) is 0. The summed E-state index contributed by atoms with van der Waals surface area (Å²) in [6, 6.07) is 8.21. The minimum atomic E-state index is -1.25. The fraction of sp³-hybridized carbons (Fsp3) is 0.222. The lowest BCUT2D eigenvalue weighted by Crippen LogP contribution is -2.30. The molecule has 0 saturated carbocycles. The number of benzene rings is 2. The number of hydrogen-bond donors (Lipinski definition) is 0. The topological polar surface area (TPSA) is 39.9 Å². The van der Waals surface area contributed by atoms with Gasteiger partial charge in [-0.05, 0) is 26.0 Å². The minimum Gasteiger partial charge on any atom is -0.474 e. The smallest absolute Gasteiger partial charge is 0.192 e. The maximum absolute atomic E-state index is 13.9. The van der Waals surface area contributed by atoms with Gasteiger partial charge in [-0.25, -0.2) is 13.2 Å². The first-order valence-corrected chi connectivity index (χ1v) is 8.07. The molecule has 0 radical (unpaired) electrons. The molecule has 0 N–H and O–H groups in total. The molecule has 26 heavy (non-hydrogen) atoms. The second-order valence-electron chi connectivity index (χ2n) is 6.20. The molecule has 0 amide bonds. The van der Waals surface area contributed by atoms with Crippen molar-refractivity contribution in [2.45, 2.75) is 19.4 Å². The van der Waals surface area contributed by atoms with Crippen LogP contribution in [0, 0.1) is 17.5 Å². The average Bonchev–Trinajstić information content (AvgIpc) is 2.94. The van der Waals surface area contributed by atoms with Crippen LogP contribution in [0.1, 0.15) is 19.7 Å². The molecule has 2 aromatic carbocycles. The highest BCUT2D eigenvalue weighted by Crippen LogP contribution is 2.33. The number of ether oxygens (including phenoxy) is 1. The highest BCUT2D eigenvalue weighted by atomic mass is 35.5. The Morgan fingerprint density at radius 1 is 1.04 bits per heavy atom. The fourth-order valence-corrected chi connectivity index (χ4v) is 2.88. The maximum atomic E-state index is 13.9. The number of halogens is 4. The van der Waals surface area contributed by atoms with Crippen LogP contribution in [0.3, 0.4) is 0 Å². The van der Waals surface area contributed by atoms with Crippen molar-refractivity contribution in [3.05, 3.63) is 64.7 Å². The van der Waals surface area contributed by atoms with Crippen molar-refractivity contribution in [1.29, 1.82) is 0 Å². The monoisotopic (exact) mass is 381 g/mol. The molecule has 3 rings (SSSR count). The van der Waals surface area contributed by atoms with Crippen LogP contribution < -0.4 is 4.74 Å². The van der Waals surface area contributed by atoms with Gasteiger partial charge in [0.25, 0.3) is 0 Å². The van der Waals surface area contributed by atoms with Crippen LogP contribution in [0.4, 0.5) is 13.2 Å². The van der Waals surface area contributed by atoms with Gasteiger partial charge in [-0.2, -0.15) is 0 Å². The molecule has 0 atom stereocenters. The predicted molar refractivity (Wildman–Crippen MR) is 91.4 cm³/mol. The number of aromatic nitrogens is 3. The lowest BCUT2D eigenvalue weighted by Gasteiger charge is -2.26. The Bertz CT molecular complexity index is 949. The molecule has 0 aliphatic carbocycles. The van der Waals surface area contributed by atoms with Crippen LogP contribution in [0.15, 0.2) is 36.4 Å². The van der Waals surface area contributed by atoms with Gasteiger partial charge < -0.3 is 9.30 Å². The second kappa shape index (κ2) is 6.64. The van der Waals surface area contributed by atoms with E-state index in [9.17, 15) is 13.2 Å². The van der Waals surface area contributed by atoms with Gasteiger partial charge in [0.2, 0.25) is 0 Å². The highest BCUT2D eigenvalue weighted by molar-refractivity contribution is 6.33. The number of hydrogen-bond acceptors (Lipinski definition) is 3. The van der Waals surface area contributed by atoms with E-state index in [-0.39, 0.29) is 0 Å². The molecular formula is C18H15ClF3N3O. The van der Waals surface area contributed by atoms with Gasteiger partial charge in [-0.3, -0.25) is 0 Å². The third kappa shape index (κ3) is 3.26. The van der Waals surface area contributed by atoms with Crippen molar-refractivity contribution in [1.82, 2.24) is 14.8 Å². The van der Waals surface area contributed by atoms with Crippen molar-refractivity contribution in [3.8, 4) is 17.1 Å². The first-order valence-electron chi connectivity index (χ1n) is 7.69. The standard InChI is InChI=1S/C18H15ClF3N3O/c1-18(2,26-15-13(21)8-10(20)9-14(15)22)17-24-23-16(25(17)3)11-6-4-5-7-12(11)19/h4-9H,1-3H3. The molecular weight excluding hydrogens is 367 g/mol. The summed E-state index contributed by atoms with van der Waals surface area (Å²) in [4.78, 5) is 0. The quantitative estimate of drug-likeness (QED) is 0.647.